The van der Waals surface area contributed by atoms with Crippen LogP contribution in [0.2, 0.25) is 0 Å². The minimum atomic E-state index is -3.80. The molecule has 0 bridgehead atoms. The van der Waals surface area contributed by atoms with Crippen molar-refractivity contribution in [2.24, 2.45) is 0 Å². The van der Waals surface area contributed by atoms with E-state index in [9.17, 15) is 18.0 Å². The molecule has 0 fully saturated rings. The molecule has 0 aliphatic heterocycles. The molecule has 0 aliphatic carbocycles. The molecule has 6 nitrogen and oxygen atoms in total. The van der Waals surface area contributed by atoms with Crippen molar-refractivity contribution in [3.63, 3.8) is 0 Å². The molecule has 0 heterocycles. The molecule has 0 saturated carbocycles. The zero-order valence-corrected chi connectivity index (χ0v) is 16.8. The molecule has 3 rings (SSSR count). The number of carbonyl (C=O) groups excluding carboxylic acids is 2. The number of nitrogens with one attached hydrogen (secondary N) is 2. The van der Waals surface area contributed by atoms with Crippen LogP contribution in [-0.4, -0.2) is 20.1 Å². The van der Waals surface area contributed by atoms with E-state index < -0.39 is 10.0 Å². The number of hydrogen-bond donors (Lipinski definition) is 2. The first-order valence-electron chi connectivity index (χ1n) is 8.86. The first-order chi connectivity index (χ1) is 13.7. The molecule has 0 aliphatic rings. The largest absolute Gasteiger partial charge is 0.322 e. The highest BCUT2D eigenvalue weighted by Crippen LogP contribution is 2.18. The van der Waals surface area contributed by atoms with E-state index in [0.717, 1.165) is 5.56 Å². The van der Waals surface area contributed by atoms with Gasteiger partial charge >= 0.3 is 0 Å². The predicted molar refractivity (Wildman–Crippen MR) is 113 cm³/mol. The molecule has 0 radical (unpaired) electrons. The van der Waals surface area contributed by atoms with Gasteiger partial charge in [0.05, 0.1) is 4.90 Å². The lowest BCUT2D eigenvalue weighted by atomic mass is 10.2. The first-order valence-corrected chi connectivity index (χ1v) is 10.3. The second-order valence-electron chi connectivity index (χ2n) is 6.59. The van der Waals surface area contributed by atoms with Gasteiger partial charge in [-0.2, -0.15) is 0 Å². The van der Waals surface area contributed by atoms with E-state index in [4.69, 9.17) is 0 Å². The van der Waals surface area contributed by atoms with Gasteiger partial charge in [-0.3, -0.25) is 14.3 Å². The number of benzene rings is 3. The highest BCUT2D eigenvalue weighted by atomic mass is 32.2. The molecule has 3 aromatic rings. The van der Waals surface area contributed by atoms with E-state index >= 15 is 0 Å². The molecule has 0 aromatic heterocycles. The van der Waals surface area contributed by atoms with Gasteiger partial charge < -0.3 is 5.32 Å². The van der Waals surface area contributed by atoms with E-state index in [2.05, 4.69) is 10.0 Å². The summed E-state index contributed by atoms with van der Waals surface area (Å²) in [5.74, 6) is -0.425. The lowest BCUT2D eigenvalue weighted by Crippen LogP contribution is -2.14. The molecule has 2 N–H and O–H groups in total. The number of sulfonamides is 1. The molecule has 0 unspecified atom stereocenters. The molecule has 3 aromatic carbocycles. The standard InChI is InChI=1S/C22H20N2O4S/c1-15-4-3-5-20(14-15)23-22(26)18-6-10-19(11-7-18)24-29(27,28)21-12-8-17(9-13-21)16(2)25/h3-14,24H,1-2H3,(H,23,26). The van der Waals surface area contributed by atoms with Gasteiger partial charge in [0, 0.05) is 22.5 Å². The van der Waals surface area contributed by atoms with Crippen molar-refractivity contribution in [3.05, 3.63) is 89.5 Å². The average Bonchev–Trinajstić information content (AvgIpc) is 2.68. The van der Waals surface area contributed by atoms with Gasteiger partial charge in [0.1, 0.15) is 0 Å². The minimum absolute atomic E-state index is 0.0452. The van der Waals surface area contributed by atoms with Crippen molar-refractivity contribution in [3.8, 4) is 0 Å². The van der Waals surface area contributed by atoms with Crippen LogP contribution in [0.25, 0.3) is 0 Å². The third-order valence-electron chi connectivity index (χ3n) is 4.25. The Morgan fingerprint density at radius 2 is 1.41 bits per heavy atom. The number of rotatable bonds is 6. The van der Waals surface area contributed by atoms with Crippen LogP contribution in [0, 0.1) is 6.92 Å². The van der Waals surface area contributed by atoms with Crippen LogP contribution in [0.15, 0.2) is 77.7 Å². The molecular formula is C22H20N2O4S. The fraction of sp³-hybridized carbons (Fsp3) is 0.0909. The van der Waals surface area contributed by atoms with E-state index in [1.165, 1.54) is 43.3 Å². The summed E-state index contributed by atoms with van der Waals surface area (Å²) in [5, 5.41) is 2.80. The monoisotopic (exact) mass is 408 g/mol. The fourth-order valence-corrected chi connectivity index (χ4v) is 3.76. The zero-order valence-electron chi connectivity index (χ0n) is 16.0. The maximum atomic E-state index is 12.5. The molecule has 1 amide bonds. The van der Waals surface area contributed by atoms with Gasteiger partial charge in [0.15, 0.2) is 5.78 Å². The number of carbonyl (C=O) groups is 2. The first kappa shape index (κ1) is 20.3. The van der Waals surface area contributed by atoms with Gasteiger partial charge in [0.2, 0.25) is 0 Å². The highest BCUT2D eigenvalue weighted by Gasteiger charge is 2.15. The summed E-state index contributed by atoms with van der Waals surface area (Å²) in [4.78, 5) is 23.7. The van der Waals surface area contributed by atoms with Gasteiger partial charge in [-0.25, -0.2) is 8.42 Å². The molecular weight excluding hydrogens is 388 g/mol. The van der Waals surface area contributed by atoms with Crippen LogP contribution in [0.1, 0.15) is 33.2 Å². The SMILES string of the molecule is CC(=O)c1ccc(S(=O)(=O)Nc2ccc(C(=O)Nc3cccc(C)c3)cc2)cc1. The van der Waals surface area contributed by atoms with Crippen molar-refractivity contribution in [2.45, 2.75) is 18.7 Å². The van der Waals surface area contributed by atoms with Gasteiger partial charge in [-0.15, -0.1) is 0 Å². The Kier molecular flexibility index (Phi) is 5.79. The summed E-state index contributed by atoms with van der Waals surface area (Å²) in [5.41, 5.74) is 2.89. The summed E-state index contributed by atoms with van der Waals surface area (Å²) in [6.07, 6.45) is 0. The van der Waals surface area contributed by atoms with Gasteiger partial charge in [0.25, 0.3) is 15.9 Å². The van der Waals surface area contributed by atoms with Crippen LogP contribution in [-0.2, 0) is 10.0 Å². The van der Waals surface area contributed by atoms with E-state index in [0.29, 0.717) is 22.5 Å². The summed E-state index contributed by atoms with van der Waals surface area (Å²) in [6, 6.07) is 19.3. The fourth-order valence-electron chi connectivity index (χ4n) is 2.70. The number of ketones is 1. The van der Waals surface area contributed by atoms with E-state index in [1.807, 2.05) is 25.1 Å². The van der Waals surface area contributed by atoms with Crippen molar-refractivity contribution in [2.75, 3.05) is 10.0 Å². The highest BCUT2D eigenvalue weighted by molar-refractivity contribution is 7.92. The third kappa shape index (κ3) is 5.08. The Labute approximate surface area is 169 Å². The molecule has 0 spiro atoms. The molecule has 0 saturated heterocycles. The molecule has 7 heteroatoms. The Balaban J connectivity index is 1.71. The lowest BCUT2D eigenvalue weighted by Gasteiger charge is -2.10. The predicted octanol–water partition coefficient (Wildman–Crippen LogP) is 4.25. The Morgan fingerprint density at radius 1 is 0.793 bits per heavy atom. The minimum Gasteiger partial charge on any atom is -0.322 e. The van der Waals surface area contributed by atoms with Crippen LogP contribution >= 0.6 is 0 Å². The third-order valence-corrected chi connectivity index (χ3v) is 5.64. The van der Waals surface area contributed by atoms with Crippen molar-refractivity contribution in [1.29, 1.82) is 0 Å². The normalized spacial score (nSPS) is 11.0. The second-order valence-corrected chi connectivity index (χ2v) is 8.27. The van der Waals surface area contributed by atoms with Crippen molar-refractivity contribution in [1.82, 2.24) is 0 Å². The van der Waals surface area contributed by atoms with Crippen LogP contribution in [0.4, 0.5) is 11.4 Å². The number of hydrogen-bond acceptors (Lipinski definition) is 4. The summed E-state index contributed by atoms with van der Waals surface area (Å²) < 4.78 is 27.5. The smallest absolute Gasteiger partial charge is 0.261 e. The number of Topliss-reactive ketones (excluding diaryl/α,β-unsaturated/α-hetero) is 1. The summed E-state index contributed by atoms with van der Waals surface area (Å²) >= 11 is 0. The Hall–Kier alpha value is -3.45. The Morgan fingerprint density at radius 3 is 2.00 bits per heavy atom. The van der Waals surface area contributed by atoms with Crippen LogP contribution < -0.4 is 10.0 Å². The second kappa shape index (κ2) is 8.28. The summed E-state index contributed by atoms with van der Waals surface area (Å²) in [6.45, 7) is 3.35. The zero-order chi connectivity index (χ0) is 21.0. The maximum absolute atomic E-state index is 12.5. The maximum Gasteiger partial charge on any atom is 0.261 e. The van der Waals surface area contributed by atoms with E-state index in [-0.39, 0.29) is 16.6 Å². The van der Waals surface area contributed by atoms with Crippen molar-refractivity contribution < 1.29 is 18.0 Å². The van der Waals surface area contributed by atoms with E-state index in [1.54, 1.807) is 18.2 Å². The average molecular weight is 408 g/mol. The number of anilines is 2. The summed E-state index contributed by atoms with van der Waals surface area (Å²) in [7, 11) is -3.80. The molecule has 148 valence electrons. The molecule has 29 heavy (non-hydrogen) atoms. The Bertz CT molecular complexity index is 1150. The number of amides is 1. The van der Waals surface area contributed by atoms with Crippen LogP contribution in [0.3, 0.4) is 0 Å². The number of aryl methyl sites for hydroxylation is 1. The van der Waals surface area contributed by atoms with Crippen LogP contribution in [0.5, 0.6) is 0 Å². The lowest BCUT2D eigenvalue weighted by molar-refractivity contribution is 0.101. The molecule has 0 atom stereocenters. The van der Waals surface area contributed by atoms with Gasteiger partial charge in [-0.1, -0.05) is 24.3 Å². The van der Waals surface area contributed by atoms with Crippen molar-refractivity contribution >= 4 is 33.1 Å². The quantitative estimate of drug-likeness (QED) is 0.597. The van der Waals surface area contributed by atoms with Gasteiger partial charge in [-0.05, 0) is 67.9 Å². The topological polar surface area (TPSA) is 92.3 Å².